The van der Waals surface area contributed by atoms with E-state index in [1.165, 1.54) is 6.26 Å². The molecule has 0 radical (unpaired) electrons. The Hall–Kier alpha value is -0.530. The molecule has 0 N–H and O–H groups in total. The minimum Gasteiger partial charge on any atom is -0.353 e. The van der Waals surface area contributed by atoms with E-state index in [1.807, 2.05) is 4.90 Å². The summed E-state index contributed by atoms with van der Waals surface area (Å²) in [5.74, 6) is 1.39. The fourth-order valence-corrected chi connectivity index (χ4v) is 5.26. The number of benzene rings is 1. The van der Waals surface area contributed by atoms with E-state index < -0.39 is 15.2 Å². The molecule has 0 bridgehead atoms. The third-order valence-corrected chi connectivity index (χ3v) is 6.14. The Morgan fingerprint density at radius 2 is 2.21 bits per heavy atom. The molecule has 7 heteroatoms. The van der Waals surface area contributed by atoms with Crippen molar-refractivity contribution in [2.24, 2.45) is 0 Å². The van der Waals surface area contributed by atoms with Crippen LogP contribution in [0.3, 0.4) is 0 Å². The van der Waals surface area contributed by atoms with E-state index in [2.05, 4.69) is 15.9 Å². The number of halogens is 1. The van der Waals surface area contributed by atoms with E-state index in [-0.39, 0.29) is 0 Å². The van der Waals surface area contributed by atoms with Gasteiger partial charge in [-0.2, -0.15) is 11.8 Å². The third kappa shape index (κ3) is 3.32. The van der Waals surface area contributed by atoms with Gasteiger partial charge in [0.15, 0.2) is 16.1 Å². The highest BCUT2D eigenvalue weighted by atomic mass is 79.9. The van der Waals surface area contributed by atoms with Crippen molar-refractivity contribution in [3.05, 3.63) is 28.2 Å². The van der Waals surface area contributed by atoms with Crippen LogP contribution in [0.15, 0.2) is 22.7 Å². The summed E-state index contributed by atoms with van der Waals surface area (Å²) in [6.07, 6.45) is 2.01. The first-order valence-corrected chi connectivity index (χ1v) is 9.61. The number of nitrogens with zero attached hydrogens (tertiary/aromatic N) is 1. The van der Waals surface area contributed by atoms with E-state index in [1.54, 1.807) is 30.0 Å². The average Bonchev–Trinajstić information content (AvgIpc) is 2.37. The topological polar surface area (TPSA) is 54.5 Å². The first kappa shape index (κ1) is 14.9. The van der Waals surface area contributed by atoms with Gasteiger partial charge in [-0.1, -0.05) is 15.9 Å². The van der Waals surface area contributed by atoms with E-state index >= 15 is 0 Å². The number of rotatable bonds is 3. The standard InChI is InChI=1S/C12H14BrNO3S2/c1-19(16,17)12-8-18-5-4-14(12)11-6-10(13)3-2-9(11)7-15/h2-3,6-7,12H,4-5,8H2,1H3. The number of sulfone groups is 1. The lowest BCUT2D eigenvalue weighted by Gasteiger charge is -2.36. The van der Waals surface area contributed by atoms with Crippen LogP contribution in [0, 0.1) is 0 Å². The van der Waals surface area contributed by atoms with Gasteiger partial charge in [-0.05, 0) is 18.2 Å². The summed E-state index contributed by atoms with van der Waals surface area (Å²) in [6.45, 7) is 0.625. The molecule has 1 fully saturated rings. The normalized spacial score (nSPS) is 20.3. The summed E-state index contributed by atoms with van der Waals surface area (Å²) in [6, 6.07) is 5.28. The summed E-state index contributed by atoms with van der Waals surface area (Å²) < 4.78 is 24.6. The first-order chi connectivity index (χ1) is 8.93. The maximum atomic E-state index is 11.9. The number of carbonyl (C=O) groups is 1. The van der Waals surface area contributed by atoms with Crippen molar-refractivity contribution in [1.82, 2.24) is 0 Å². The Balaban J connectivity index is 2.48. The molecule has 1 heterocycles. The van der Waals surface area contributed by atoms with Crippen LogP contribution >= 0.6 is 27.7 Å². The van der Waals surface area contributed by atoms with Gasteiger partial charge in [0.1, 0.15) is 5.37 Å². The van der Waals surface area contributed by atoms with Crippen molar-refractivity contribution in [2.45, 2.75) is 5.37 Å². The van der Waals surface area contributed by atoms with E-state index in [0.717, 1.165) is 16.5 Å². The van der Waals surface area contributed by atoms with Gasteiger partial charge in [-0.25, -0.2) is 8.42 Å². The summed E-state index contributed by atoms with van der Waals surface area (Å²) in [5, 5.41) is -0.570. The largest absolute Gasteiger partial charge is 0.353 e. The SMILES string of the molecule is CS(=O)(=O)C1CSCCN1c1cc(Br)ccc1C=O. The Morgan fingerprint density at radius 3 is 2.84 bits per heavy atom. The van der Waals surface area contributed by atoms with Crippen molar-refractivity contribution in [1.29, 1.82) is 0 Å². The highest BCUT2D eigenvalue weighted by Gasteiger charge is 2.32. The monoisotopic (exact) mass is 363 g/mol. The Kier molecular flexibility index (Phi) is 4.58. The molecular weight excluding hydrogens is 350 g/mol. The molecule has 0 spiro atoms. The lowest BCUT2D eigenvalue weighted by molar-refractivity contribution is 0.112. The number of anilines is 1. The van der Waals surface area contributed by atoms with Crippen molar-refractivity contribution in [3.8, 4) is 0 Å². The van der Waals surface area contributed by atoms with Crippen LogP contribution in [0.5, 0.6) is 0 Å². The lowest BCUT2D eigenvalue weighted by Crippen LogP contribution is -2.47. The second kappa shape index (κ2) is 5.85. The molecule has 2 rings (SSSR count). The quantitative estimate of drug-likeness (QED) is 0.770. The molecule has 1 saturated heterocycles. The van der Waals surface area contributed by atoms with Gasteiger partial charge in [-0.15, -0.1) is 0 Å². The van der Waals surface area contributed by atoms with Crippen molar-refractivity contribution >= 4 is 49.5 Å². The zero-order chi connectivity index (χ0) is 14.0. The Morgan fingerprint density at radius 1 is 1.47 bits per heavy atom. The van der Waals surface area contributed by atoms with Gasteiger partial charge in [0.25, 0.3) is 0 Å². The second-order valence-corrected chi connectivity index (χ2v) is 8.64. The molecule has 0 amide bonds. The maximum absolute atomic E-state index is 11.9. The predicted molar refractivity (Wildman–Crippen MR) is 82.8 cm³/mol. The van der Waals surface area contributed by atoms with Gasteiger partial charge < -0.3 is 4.90 Å². The van der Waals surface area contributed by atoms with Gasteiger partial charge >= 0.3 is 0 Å². The molecule has 0 aromatic heterocycles. The van der Waals surface area contributed by atoms with Gasteiger partial charge in [0, 0.05) is 40.0 Å². The zero-order valence-electron chi connectivity index (χ0n) is 10.4. The molecule has 1 atom stereocenters. The summed E-state index contributed by atoms with van der Waals surface area (Å²) in [7, 11) is -3.19. The van der Waals surface area contributed by atoms with Crippen LogP contribution in [0.2, 0.25) is 0 Å². The summed E-state index contributed by atoms with van der Waals surface area (Å²) in [4.78, 5) is 13.0. The maximum Gasteiger partial charge on any atom is 0.169 e. The van der Waals surface area contributed by atoms with Crippen LogP contribution in [-0.4, -0.2) is 44.4 Å². The van der Waals surface area contributed by atoms with E-state index in [4.69, 9.17) is 0 Å². The Bertz CT molecular complexity index is 589. The molecule has 104 valence electrons. The van der Waals surface area contributed by atoms with Gasteiger partial charge in [0.05, 0.1) is 0 Å². The van der Waals surface area contributed by atoms with E-state index in [0.29, 0.717) is 23.5 Å². The van der Waals surface area contributed by atoms with Gasteiger partial charge in [-0.3, -0.25) is 4.79 Å². The number of aldehydes is 1. The first-order valence-electron chi connectivity index (χ1n) is 5.71. The van der Waals surface area contributed by atoms with Crippen molar-refractivity contribution in [2.75, 3.05) is 29.2 Å². The highest BCUT2D eigenvalue weighted by molar-refractivity contribution is 9.10. The smallest absolute Gasteiger partial charge is 0.169 e. The van der Waals surface area contributed by atoms with Crippen molar-refractivity contribution in [3.63, 3.8) is 0 Å². The molecule has 4 nitrogen and oxygen atoms in total. The number of carbonyl (C=O) groups excluding carboxylic acids is 1. The minimum absolute atomic E-state index is 0.517. The molecular formula is C12H14BrNO3S2. The Labute approximate surface area is 125 Å². The van der Waals surface area contributed by atoms with Crippen LogP contribution in [-0.2, 0) is 9.84 Å². The molecule has 1 aliphatic heterocycles. The third-order valence-electron chi connectivity index (χ3n) is 3.01. The molecule has 19 heavy (non-hydrogen) atoms. The number of hydrogen-bond donors (Lipinski definition) is 0. The second-order valence-electron chi connectivity index (χ2n) is 4.37. The van der Waals surface area contributed by atoms with Crippen molar-refractivity contribution < 1.29 is 13.2 Å². The molecule has 0 saturated carbocycles. The van der Waals surface area contributed by atoms with Crippen LogP contribution in [0.1, 0.15) is 10.4 Å². The molecule has 1 aromatic carbocycles. The highest BCUT2D eigenvalue weighted by Crippen LogP contribution is 2.31. The molecule has 1 aromatic rings. The lowest BCUT2D eigenvalue weighted by atomic mass is 10.1. The number of hydrogen-bond acceptors (Lipinski definition) is 5. The molecule has 0 aliphatic carbocycles. The fraction of sp³-hybridized carbons (Fsp3) is 0.417. The zero-order valence-corrected chi connectivity index (χ0v) is 13.6. The number of thioether (sulfide) groups is 1. The van der Waals surface area contributed by atoms with Gasteiger partial charge in [0.2, 0.25) is 0 Å². The molecule has 1 aliphatic rings. The average molecular weight is 364 g/mol. The van der Waals surface area contributed by atoms with Crippen LogP contribution in [0.25, 0.3) is 0 Å². The van der Waals surface area contributed by atoms with Crippen LogP contribution < -0.4 is 4.90 Å². The fourth-order valence-electron chi connectivity index (χ4n) is 2.08. The van der Waals surface area contributed by atoms with E-state index in [9.17, 15) is 13.2 Å². The summed E-state index contributed by atoms with van der Waals surface area (Å²) >= 11 is 4.99. The molecule has 1 unspecified atom stereocenters. The predicted octanol–water partition coefficient (Wildman–Crippen LogP) is 2.19. The minimum atomic E-state index is -3.19. The summed E-state index contributed by atoms with van der Waals surface area (Å²) in [5.41, 5.74) is 1.20. The van der Waals surface area contributed by atoms with Crippen LogP contribution in [0.4, 0.5) is 5.69 Å².